The van der Waals surface area contributed by atoms with Crippen molar-refractivity contribution in [3.63, 3.8) is 0 Å². The number of nitrogens with one attached hydrogen (secondary N) is 1. The second kappa shape index (κ2) is 4.64. The topological polar surface area (TPSA) is 84.7 Å². The molecule has 2 rings (SSSR count). The maximum atomic E-state index is 12.8. The van der Waals surface area contributed by atoms with Crippen LogP contribution in [0.4, 0.5) is 18.0 Å². The second-order valence-electron chi connectivity index (χ2n) is 4.59. The Morgan fingerprint density at radius 3 is 2.42 bits per heavy atom. The minimum atomic E-state index is -4.74. The van der Waals surface area contributed by atoms with Crippen molar-refractivity contribution in [2.24, 2.45) is 5.73 Å². The van der Waals surface area contributed by atoms with Gasteiger partial charge in [0.15, 0.2) is 0 Å². The van der Waals surface area contributed by atoms with Crippen LogP contribution in [0.2, 0.25) is 0 Å². The van der Waals surface area contributed by atoms with Gasteiger partial charge in [0.1, 0.15) is 11.6 Å². The molecule has 0 aromatic carbocycles. The van der Waals surface area contributed by atoms with Gasteiger partial charge < -0.3 is 15.8 Å². The number of imide groups is 1. The summed E-state index contributed by atoms with van der Waals surface area (Å²) in [6.45, 7) is -0.409. The van der Waals surface area contributed by atoms with Crippen LogP contribution < -0.4 is 11.1 Å². The molecule has 0 bridgehead atoms. The van der Waals surface area contributed by atoms with Crippen LogP contribution in [0.15, 0.2) is 0 Å². The van der Waals surface area contributed by atoms with Gasteiger partial charge in [-0.15, -0.1) is 0 Å². The second-order valence-corrected chi connectivity index (χ2v) is 4.59. The number of nitrogens with two attached hydrogens (primary N) is 1. The summed E-state index contributed by atoms with van der Waals surface area (Å²) < 4.78 is 43.4. The largest absolute Gasteiger partial charge is 0.410 e. The lowest BCUT2D eigenvalue weighted by Gasteiger charge is -2.32. The average Bonchev–Trinajstić information content (AvgIpc) is 2.54. The molecule has 0 saturated carbocycles. The van der Waals surface area contributed by atoms with Crippen molar-refractivity contribution in [2.45, 2.75) is 30.6 Å². The summed E-state index contributed by atoms with van der Waals surface area (Å²) in [5, 5.41) is 2.36. The number of rotatable bonds is 2. The van der Waals surface area contributed by atoms with Gasteiger partial charge in [0.25, 0.3) is 5.91 Å². The van der Waals surface area contributed by atoms with E-state index in [1.54, 1.807) is 0 Å². The highest BCUT2D eigenvalue weighted by Gasteiger charge is 2.58. The van der Waals surface area contributed by atoms with E-state index in [1.807, 2.05) is 0 Å². The number of nitrogens with zero attached hydrogens (tertiary/aromatic N) is 1. The maximum absolute atomic E-state index is 12.8. The van der Waals surface area contributed by atoms with E-state index < -0.39 is 36.2 Å². The van der Waals surface area contributed by atoms with E-state index in [1.165, 1.54) is 0 Å². The molecule has 0 aliphatic carbocycles. The first-order valence-electron chi connectivity index (χ1n) is 5.82. The van der Waals surface area contributed by atoms with Gasteiger partial charge in [-0.25, -0.2) is 9.69 Å². The molecule has 2 aliphatic rings. The predicted molar refractivity (Wildman–Crippen MR) is 57.1 cm³/mol. The smallest absolute Gasteiger partial charge is 0.381 e. The molecule has 2 fully saturated rings. The number of hydrogen-bond acceptors (Lipinski definition) is 4. The van der Waals surface area contributed by atoms with E-state index in [4.69, 9.17) is 10.5 Å². The number of carbonyl (C=O) groups is 2. The average molecular weight is 281 g/mol. The number of urea groups is 1. The lowest BCUT2D eigenvalue weighted by atomic mass is 9.90. The Bertz CT molecular complexity index is 393. The number of ether oxygens (including phenoxy) is 1. The Kier molecular flexibility index (Phi) is 3.43. The Hall–Kier alpha value is -1.35. The monoisotopic (exact) mass is 281 g/mol. The molecule has 1 atom stereocenters. The third kappa shape index (κ3) is 2.27. The van der Waals surface area contributed by atoms with Crippen LogP contribution in [0.25, 0.3) is 0 Å². The maximum Gasteiger partial charge on any atom is 0.410 e. The van der Waals surface area contributed by atoms with Gasteiger partial charge in [0.2, 0.25) is 0 Å². The van der Waals surface area contributed by atoms with Gasteiger partial charge in [-0.2, -0.15) is 13.2 Å². The van der Waals surface area contributed by atoms with Gasteiger partial charge >= 0.3 is 12.2 Å². The highest BCUT2D eigenvalue weighted by molar-refractivity contribution is 6.07. The summed E-state index contributed by atoms with van der Waals surface area (Å²) in [4.78, 5) is 24.1. The van der Waals surface area contributed by atoms with Crippen LogP contribution in [0.5, 0.6) is 0 Å². The molecule has 108 valence electrons. The molecule has 1 unspecified atom stereocenters. The lowest BCUT2D eigenvalue weighted by Crippen LogP contribution is -2.55. The fourth-order valence-corrected chi connectivity index (χ4v) is 2.37. The highest BCUT2D eigenvalue weighted by Crippen LogP contribution is 2.33. The van der Waals surface area contributed by atoms with E-state index in [9.17, 15) is 22.8 Å². The summed E-state index contributed by atoms with van der Waals surface area (Å²) in [6, 6.07) is -3.33. The third-order valence-electron chi connectivity index (χ3n) is 3.45. The molecule has 1 spiro atoms. The van der Waals surface area contributed by atoms with E-state index in [-0.39, 0.29) is 31.0 Å². The first-order valence-corrected chi connectivity index (χ1v) is 5.82. The molecule has 0 aromatic rings. The number of halogens is 3. The Morgan fingerprint density at radius 1 is 1.37 bits per heavy atom. The summed E-state index contributed by atoms with van der Waals surface area (Å²) in [5.41, 5.74) is 3.79. The number of alkyl halides is 3. The van der Waals surface area contributed by atoms with Crippen molar-refractivity contribution in [1.29, 1.82) is 0 Å². The first-order chi connectivity index (χ1) is 8.82. The molecule has 2 saturated heterocycles. The van der Waals surface area contributed by atoms with Gasteiger partial charge in [-0.3, -0.25) is 4.79 Å². The molecular formula is C10H14F3N3O3. The van der Waals surface area contributed by atoms with Crippen LogP contribution in [-0.4, -0.2) is 54.4 Å². The quantitative estimate of drug-likeness (QED) is 0.696. The Balaban J connectivity index is 2.27. The van der Waals surface area contributed by atoms with Crippen LogP contribution >= 0.6 is 0 Å². The van der Waals surface area contributed by atoms with Crippen molar-refractivity contribution in [1.82, 2.24) is 10.2 Å². The molecular weight excluding hydrogens is 267 g/mol. The van der Waals surface area contributed by atoms with Crippen LogP contribution in [0.1, 0.15) is 12.8 Å². The first kappa shape index (κ1) is 14.1. The summed E-state index contributed by atoms with van der Waals surface area (Å²) >= 11 is 0. The zero-order valence-corrected chi connectivity index (χ0v) is 10.00. The Morgan fingerprint density at radius 2 is 1.95 bits per heavy atom. The van der Waals surface area contributed by atoms with Crippen molar-refractivity contribution in [3.8, 4) is 0 Å². The molecule has 3 amide bonds. The SMILES string of the molecule is NCC(N1C(=O)NC2(CCOCC2)C1=O)C(F)(F)F. The minimum absolute atomic E-state index is 0.170. The molecule has 2 heterocycles. The molecule has 6 nitrogen and oxygen atoms in total. The van der Waals surface area contributed by atoms with Crippen LogP contribution in [0, 0.1) is 0 Å². The Labute approximate surface area is 107 Å². The van der Waals surface area contributed by atoms with Gasteiger partial charge in [-0.1, -0.05) is 0 Å². The predicted octanol–water partition coefficient (Wildman–Crippen LogP) is -0.0230. The van der Waals surface area contributed by atoms with Crippen molar-refractivity contribution < 1.29 is 27.5 Å². The van der Waals surface area contributed by atoms with E-state index in [0.717, 1.165) is 0 Å². The molecule has 3 N–H and O–H groups in total. The van der Waals surface area contributed by atoms with Crippen LogP contribution in [-0.2, 0) is 9.53 Å². The number of amides is 3. The minimum Gasteiger partial charge on any atom is -0.381 e. The summed E-state index contributed by atoms with van der Waals surface area (Å²) in [5.74, 6) is -0.867. The zero-order valence-electron chi connectivity index (χ0n) is 10.00. The number of hydrogen-bond donors (Lipinski definition) is 2. The third-order valence-corrected chi connectivity index (χ3v) is 3.45. The fraction of sp³-hybridized carbons (Fsp3) is 0.800. The highest BCUT2D eigenvalue weighted by atomic mass is 19.4. The standard InChI is InChI=1S/C10H14F3N3O3/c11-10(12,13)6(5-14)16-7(17)9(15-8(16)18)1-3-19-4-2-9/h6H,1-5,14H2,(H,15,18). The summed E-state index contributed by atoms with van der Waals surface area (Å²) in [6.07, 6.45) is -4.40. The fourth-order valence-electron chi connectivity index (χ4n) is 2.37. The van der Waals surface area contributed by atoms with Crippen molar-refractivity contribution in [2.75, 3.05) is 19.8 Å². The zero-order chi connectivity index (χ0) is 14.3. The van der Waals surface area contributed by atoms with E-state index in [2.05, 4.69) is 5.32 Å². The van der Waals surface area contributed by atoms with Gasteiger partial charge in [0, 0.05) is 32.6 Å². The molecule has 0 aromatic heterocycles. The lowest BCUT2D eigenvalue weighted by molar-refractivity contribution is -0.179. The van der Waals surface area contributed by atoms with Crippen molar-refractivity contribution in [3.05, 3.63) is 0 Å². The van der Waals surface area contributed by atoms with Crippen molar-refractivity contribution >= 4 is 11.9 Å². The molecule has 0 radical (unpaired) electrons. The normalized spacial score (nSPS) is 24.7. The summed E-state index contributed by atoms with van der Waals surface area (Å²) in [7, 11) is 0. The van der Waals surface area contributed by atoms with E-state index in [0.29, 0.717) is 0 Å². The molecule has 9 heteroatoms. The van der Waals surface area contributed by atoms with Gasteiger partial charge in [-0.05, 0) is 0 Å². The van der Waals surface area contributed by atoms with Crippen LogP contribution in [0.3, 0.4) is 0 Å². The number of carbonyl (C=O) groups excluding carboxylic acids is 2. The molecule has 2 aliphatic heterocycles. The van der Waals surface area contributed by atoms with E-state index >= 15 is 0 Å². The molecule has 19 heavy (non-hydrogen) atoms. The van der Waals surface area contributed by atoms with Gasteiger partial charge in [0.05, 0.1) is 0 Å².